The zero-order chi connectivity index (χ0) is 16.2. The monoisotopic (exact) mass is 325 g/mol. The van der Waals surface area contributed by atoms with Gasteiger partial charge in [0, 0.05) is 6.04 Å². The Labute approximate surface area is 143 Å². The van der Waals surface area contributed by atoms with E-state index in [-0.39, 0.29) is 5.54 Å². The first kappa shape index (κ1) is 15.8. The van der Waals surface area contributed by atoms with Crippen LogP contribution in [0.3, 0.4) is 0 Å². The Kier molecular flexibility index (Phi) is 4.60. The van der Waals surface area contributed by atoms with Crippen LogP contribution >= 0.6 is 0 Å². The summed E-state index contributed by atoms with van der Waals surface area (Å²) in [4.78, 5) is 0. The van der Waals surface area contributed by atoms with Gasteiger partial charge in [-0.25, -0.2) is 0 Å². The lowest BCUT2D eigenvalue weighted by Gasteiger charge is -2.41. The lowest BCUT2D eigenvalue weighted by atomic mass is 9.79. The van der Waals surface area contributed by atoms with E-state index in [4.69, 9.17) is 0 Å². The van der Waals surface area contributed by atoms with Crippen molar-refractivity contribution >= 4 is 0 Å². The Bertz CT molecular complexity index is 639. The molecule has 0 saturated heterocycles. The molecule has 1 aromatic heterocycles. The van der Waals surface area contributed by atoms with Gasteiger partial charge in [0.1, 0.15) is 0 Å². The minimum absolute atomic E-state index is 0.0698. The fourth-order valence-electron chi connectivity index (χ4n) is 4.45. The highest BCUT2D eigenvalue weighted by atomic mass is 15.6. The van der Waals surface area contributed by atoms with Gasteiger partial charge < -0.3 is 5.32 Å². The summed E-state index contributed by atoms with van der Waals surface area (Å²) in [5, 5.41) is 16.9. The van der Waals surface area contributed by atoms with Gasteiger partial charge in [0.15, 0.2) is 5.82 Å². The first-order valence-electron chi connectivity index (χ1n) is 9.49. The molecule has 2 aliphatic carbocycles. The van der Waals surface area contributed by atoms with Crippen LogP contribution in [0.15, 0.2) is 30.3 Å². The van der Waals surface area contributed by atoms with Gasteiger partial charge in [0.05, 0.1) is 11.2 Å². The molecule has 2 aliphatic rings. The molecule has 24 heavy (non-hydrogen) atoms. The third-order valence-electron chi connectivity index (χ3n) is 5.69. The molecule has 0 amide bonds. The zero-order valence-corrected chi connectivity index (χ0v) is 14.3. The average Bonchev–Trinajstić information content (AvgIpc) is 3.15. The maximum Gasteiger partial charge on any atom is 0.176 e. The minimum atomic E-state index is -0.0698. The van der Waals surface area contributed by atoms with Crippen LogP contribution in [0.5, 0.6) is 0 Å². The first-order valence-corrected chi connectivity index (χ1v) is 9.49. The first-order chi connectivity index (χ1) is 11.9. The molecule has 4 rings (SSSR count). The molecular weight excluding hydrogens is 298 g/mol. The molecular formula is C19H27N5. The van der Waals surface area contributed by atoms with E-state index in [1.165, 1.54) is 51.4 Å². The fourth-order valence-corrected chi connectivity index (χ4v) is 4.45. The van der Waals surface area contributed by atoms with E-state index >= 15 is 0 Å². The Morgan fingerprint density at radius 2 is 1.62 bits per heavy atom. The van der Waals surface area contributed by atoms with E-state index in [2.05, 4.69) is 33.0 Å². The molecule has 5 heteroatoms. The highest BCUT2D eigenvalue weighted by Crippen LogP contribution is 2.38. The number of benzene rings is 1. The van der Waals surface area contributed by atoms with Gasteiger partial charge in [-0.2, -0.15) is 4.68 Å². The van der Waals surface area contributed by atoms with Crippen molar-refractivity contribution in [2.45, 2.75) is 75.8 Å². The third-order valence-corrected chi connectivity index (χ3v) is 5.69. The summed E-state index contributed by atoms with van der Waals surface area (Å²) in [6, 6.07) is 10.9. The SMILES string of the molecule is c1ccc(-n2nnnc2C2(NC3CCCCC3)CCCCC2)cc1. The van der Waals surface area contributed by atoms with Crippen LogP contribution in [-0.2, 0) is 5.54 Å². The molecule has 0 spiro atoms. The molecule has 0 bridgehead atoms. The normalized spacial score (nSPS) is 21.7. The van der Waals surface area contributed by atoms with Crippen LogP contribution in [-0.4, -0.2) is 26.2 Å². The van der Waals surface area contributed by atoms with Crippen LogP contribution in [0.1, 0.15) is 70.0 Å². The number of rotatable bonds is 4. The Balaban J connectivity index is 1.68. The standard InChI is InChI=1S/C19H27N5/c1-4-10-16(11-5-1)20-19(14-8-3-9-15-19)18-21-22-23-24(18)17-12-6-2-7-13-17/h2,6-7,12-13,16,20H,1,3-5,8-11,14-15H2. The number of aromatic nitrogens is 4. The minimum Gasteiger partial charge on any atom is -0.302 e. The van der Waals surface area contributed by atoms with Gasteiger partial charge in [0.2, 0.25) is 0 Å². The van der Waals surface area contributed by atoms with Crippen molar-refractivity contribution in [1.29, 1.82) is 0 Å². The number of hydrogen-bond acceptors (Lipinski definition) is 4. The van der Waals surface area contributed by atoms with E-state index in [0.717, 1.165) is 24.4 Å². The summed E-state index contributed by atoms with van der Waals surface area (Å²) >= 11 is 0. The molecule has 0 radical (unpaired) electrons. The second kappa shape index (κ2) is 7.01. The Morgan fingerprint density at radius 1 is 0.917 bits per heavy atom. The van der Waals surface area contributed by atoms with E-state index in [1.807, 2.05) is 22.9 Å². The quantitative estimate of drug-likeness (QED) is 0.930. The van der Waals surface area contributed by atoms with Crippen LogP contribution in [0.4, 0.5) is 0 Å². The Morgan fingerprint density at radius 3 is 2.38 bits per heavy atom. The molecule has 128 valence electrons. The molecule has 0 aliphatic heterocycles. The second-order valence-corrected chi connectivity index (χ2v) is 7.37. The van der Waals surface area contributed by atoms with Gasteiger partial charge >= 0.3 is 0 Å². The molecule has 0 unspecified atom stereocenters. The molecule has 2 aromatic rings. The largest absolute Gasteiger partial charge is 0.302 e. The predicted molar refractivity (Wildman–Crippen MR) is 93.9 cm³/mol. The highest BCUT2D eigenvalue weighted by Gasteiger charge is 2.40. The summed E-state index contributed by atoms with van der Waals surface area (Å²) < 4.78 is 1.95. The summed E-state index contributed by atoms with van der Waals surface area (Å²) in [6.07, 6.45) is 12.7. The summed E-state index contributed by atoms with van der Waals surface area (Å²) in [6.45, 7) is 0. The molecule has 1 aromatic carbocycles. The summed E-state index contributed by atoms with van der Waals surface area (Å²) in [7, 11) is 0. The molecule has 1 N–H and O–H groups in total. The number of nitrogens with one attached hydrogen (secondary N) is 1. The van der Waals surface area contributed by atoms with Gasteiger partial charge in [-0.1, -0.05) is 56.7 Å². The van der Waals surface area contributed by atoms with Crippen molar-refractivity contribution in [3.05, 3.63) is 36.2 Å². The predicted octanol–water partition coefficient (Wildman–Crippen LogP) is 3.74. The smallest absolute Gasteiger partial charge is 0.176 e. The number of para-hydroxylation sites is 1. The van der Waals surface area contributed by atoms with Crippen molar-refractivity contribution in [3.8, 4) is 5.69 Å². The van der Waals surface area contributed by atoms with Crippen molar-refractivity contribution in [2.24, 2.45) is 0 Å². The van der Waals surface area contributed by atoms with Gasteiger partial charge in [-0.15, -0.1) is 5.10 Å². The second-order valence-electron chi connectivity index (χ2n) is 7.37. The third kappa shape index (κ3) is 3.09. The van der Waals surface area contributed by atoms with E-state index < -0.39 is 0 Å². The van der Waals surface area contributed by atoms with E-state index in [0.29, 0.717) is 6.04 Å². The summed E-state index contributed by atoms with van der Waals surface area (Å²) in [5.41, 5.74) is 0.979. The van der Waals surface area contributed by atoms with Crippen LogP contribution in [0.2, 0.25) is 0 Å². The lowest BCUT2D eigenvalue weighted by Crippen LogP contribution is -2.51. The molecule has 1 heterocycles. The van der Waals surface area contributed by atoms with Crippen LogP contribution in [0.25, 0.3) is 5.69 Å². The van der Waals surface area contributed by atoms with Gasteiger partial charge in [-0.3, -0.25) is 0 Å². The average molecular weight is 325 g/mol. The molecule has 5 nitrogen and oxygen atoms in total. The number of tetrazole rings is 1. The fraction of sp³-hybridized carbons (Fsp3) is 0.632. The van der Waals surface area contributed by atoms with Crippen LogP contribution < -0.4 is 5.32 Å². The highest BCUT2D eigenvalue weighted by molar-refractivity contribution is 5.32. The number of hydrogen-bond donors (Lipinski definition) is 1. The van der Waals surface area contributed by atoms with E-state index in [9.17, 15) is 0 Å². The van der Waals surface area contributed by atoms with E-state index in [1.54, 1.807) is 0 Å². The zero-order valence-electron chi connectivity index (χ0n) is 14.3. The van der Waals surface area contributed by atoms with Gasteiger partial charge in [-0.05, 0) is 48.2 Å². The summed E-state index contributed by atoms with van der Waals surface area (Å²) in [5.74, 6) is 0.999. The molecule has 0 atom stereocenters. The molecule has 2 fully saturated rings. The van der Waals surface area contributed by atoms with Gasteiger partial charge in [0.25, 0.3) is 0 Å². The van der Waals surface area contributed by atoms with Crippen LogP contribution in [0, 0.1) is 0 Å². The maximum absolute atomic E-state index is 4.49. The lowest BCUT2D eigenvalue weighted by molar-refractivity contribution is 0.174. The molecule has 2 saturated carbocycles. The number of nitrogens with zero attached hydrogens (tertiary/aromatic N) is 4. The maximum atomic E-state index is 4.49. The Hall–Kier alpha value is -1.75. The van der Waals surface area contributed by atoms with Crippen molar-refractivity contribution < 1.29 is 0 Å². The van der Waals surface area contributed by atoms with Crippen molar-refractivity contribution in [1.82, 2.24) is 25.5 Å². The van der Waals surface area contributed by atoms with Crippen molar-refractivity contribution in [2.75, 3.05) is 0 Å². The van der Waals surface area contributed by atoms with Crippen molar-refractivity contribution in [3.63, 3.8) is 0 Å². The topological polar surface area (TPSA) is 55.6 Å².